The average Bonchev–Trinajstić information content (AvgIpc) is 3.37. The number of amides is 1. The van der Waals surface area contributed by atoms with Crippen LogP contribution < -0.4 is 5.32 Å². The number of aryl methyl sites for hydroxylation is 1. The van der Waals surface area contributed by atoms with Crippen molar-refractivity contribution >= 4 is 23.2 Å². The van der Waals surface area contributed by atoms with E-state index in [0.29, 0.717) is 16.5 Å². The number of nitrogens with one attached hydrogen (secondary N) is 1. The number of halogens is 1. The van der Waals surface area contributed by atoms with Crippen LogP contribution in [0.1, 0.15) is 35.6 Å². The van der Waals surface area contributed by atoms with Gasteiger partial charge >= 0.3 is 0 Å². The van der Waals surface area contributed by atoms with Crippen LogP contribution in [0.2, 0.25) is 5.02 Å². The van der Waals surface area contributed by atoms with Crippen LogP contribution in [0.3, 0.4) is 0 Å². The molecule has 0 fully saturated rings. The number of benzene rings is 2. The van der Waals surface area contributed by atoms with E-state index in [-0.39, 0.29) is 11.7 Å². The first kappa shape index (κ1) is 19.6. The number of carbonyl (C=O) groups excluding carboxylic acids is 1. The Bertz CT molecular complexity index is 1230. The van der Waals surface area contributed by atoms with Gasteiger partial charge in [0.25, 0.3) is 5.91 Å². The molecule has 0 radical (unpaired) electrons. The lowest BCUT2D eigenvalue weighted by Crippen LogP contribution is -2.10. The Kier molecular flexibility index (Phi) is 5.30. The van der Waals surface area contributed by atoms with Crippen molar-refractivity contribution in [1.82, 2.24) is 14.8 Å². The molecule has 0 atom stereocenters. The number of furan rings is 1. The summed E-state index contributed by atoms with van der Waals surface area (Å²) in [7, 11) is 0. The summed E-state index contributed by atoms with van der Waals surface area (Å²) in [5, 5.41) is 12.2. The summed E-state index contributed by atoms with van der Waals surface area (Å²) >= 11 is 6.22. The maximum atomic E-state index is 12.6. The minimum atomic E-state index is -0.317. The summed E-state index contributed by atoms with van der Waals surface area (Å²) in [6.45, 7) is 0.947. The number of hydrogen-bond donors (Lipinski definition) is 1. The van der Waals surface area contributed by atoms with Gasteiger partial charge in [0.05, 0.1) is 5.02 Å². The van der Waals surface area contributed by atoms with Gasteiger partial charge in [-0.25, -0.2) is 0 Å². The molecule has 0 aliphatic carbocycles. The minimum Gasteiger partial charge on any atom is -0.451 e. The standard InChI is InChI=1S/C24H21ClN4O2/c25-19-7-4-3-6-18(19)20-13-14-21(31-20)24(30)26-17-11-9-16(10-12-17)23-28-27-22-8-2-1-5-15-29(22)23/h3-4,6-7,9-14H,1-2,5,8,15H2,(H,26,30). The second-order valence-electron chi connectivity index (χ2n) is 7.58. The van der Waals surface area contributed by atoms with E-state index in [9.17, 15) is 4.79 Å². The lowest BCUT2D eigenvalue weighted by atomic mass is 10.2. The van der Waals surface area contributed by atoms with Crippen molar-refractivity contribution in [2.45, 2.75) is 32.2 Å². The molecular formula is C24H21ClN4O2. The average molecular weight is 433 g/mol. The highest BCUT2D eigenvalue weighted by molar-refractivity contribution is 6.33. The highest BCUT2D eigenvalue weighted by Gasteiger charge is 2.17. The second-order valence-corrected chi connectivity index (χ2v) is 7.98. The van der Waals surface area contributed by atoms with E-state index in [1.165, 1.54) is 6.42 Å². The Balaban J connectivity index is 1.31. The maximum absolute atomic E-state index is 12.6. The number of hydrogen-bond acceptors (Lipinski definition) is 4. The van der Waals surface area contributed by atoms with Gasteiger partial charge in [-0.2, -0.15) is 0 Å². The van der Waals surface area contributed by atoms with Crippen LogP contribution in [0.5, 0.6) is 0 Å². The zero-order valence-corrected chi connectivity index (χ0v) is 17.6. The lowest BCUT2D eigenvalue weighted by Gasteiger charge is -2.08. The number of fused-ring (bicyclic) bond motifs is 1. The molecule has 1 aliphatic rings. The van der Waals surface area contributed by atoms with Gasteiger partial charge in [0.1, 0.15) is 11.6 Å². The number of anilines is 1. The Morgan fingerprint density at radius 3 is 2.65 bits per heavy atom. The van der Waals surface area contributed by atoms with Crippen LogP contribution in [0.15, 0.2) is 65.1 Å². The summed E-state index contributed by atoms with van der Waals surface area (Å²) in [6.07, 6.45) is 4.50. The van der Waals surface area contributed by atoms with Crippen LogP contribution in [0, 0.1) is 0 Å². The molecule has 31 heavy (non-hydrogen) atoms. The van der Waals surface area contributed by atoms with Crippen LogP contribution in [-0.2, 0) is 13.0 Å². The monoisotopic (exact) mass is 432 g/mol. The molecule has 1 aliphatic heterocycles. The predicted molar refractivity (Wildman–Crippen MR) is 120 cm³/mol. The van der Waals surface area contributed by atoms with E-state index in [1.807, 2.05) is 42.5 Å². The number of aromatic nitrogens is 3. The molecule has 5 rings (SSSR count). The molecule has 7 heteroatoms. The SMILES string of the molecule is O=C(Nc1ccc(-c2nnc3n2CCCCC3)cc1)c1ccc(-c2ccccc2Cl)o1. The third kappa shape index (κ3) is 3.99. The van der Waals surface area contributed by atoms with Crippen molar-refractivity contribution in [2.24, 2.45) is 0 Å². The van der Waals surface area contributed by atoms with Gasteiger partial charge in [0.2, 0.25) is 0 Å². The van der Waals surface area contributed by atoms with Crippen LogP contribution >= 0.6 is 11.6 Å². The zero-order valence-electron chi connectivity index (χ0n) is 16.8. The van der Waals surface area contributed by atoms with Crippen molar-refractivity contribution < 1.29 is 9.21 Å². The second kappa shape index (κ2) is 8.40. The molecule has 156 valence electrons. The van der Waals surface area contributed by atoms with E-state index in [1.54, 1.807) is 18.2 Å². The van der Waals surface area contributed by atoms with Crippen LogP contribution in [0.4, 0.5) is 5.69 Å². The smallest absolute Gasteiger partial charge is 0.291 e. The Morgan fingerprint density at radius 2 is 1.81 bits per heavy atom. The highest BCUT2D eigenvalue weighted by Crippen LogP contribution is 2.29. The summed E-state index contributed by atoms with van der Waals surface area (Å²) in [5.41, 5.74) is 2.41. The van der Waals surface area contributed by atoms with Crippen molar-refractivity contribution in [1.29, 1.82) is 0 Å². The summed E-state index contributed by atoms with van der Waals surface area (Å²) in [5.74, 6) is 2.39. The molecule has 1 N–H and O–H groups in total. The van der Waals surface area contributed by atoms with E-state index in [4.69, 9.17) is 16.0 Å². The van der Waals surface area contributed by atoms with E-state index in [0.717, 1.165) is 48.6 Å². The van der Waals surface area contributed by atoms with Crippen LogP contribution in [-0.4, -0.2) is 20.7 Å². The largest absolute Gasteiger partial charge is 0.451 e. The normalized spacial score (nSPS) is 13.5. The topological polar surface area (TPSA) is 73.0 Å². The molecule has 6 nitrogen and oxygen atoms in total. The van der Waals surface area contributed by atoms with Gasteiger partial charge in [-0.3, -0.25) is 4.79 Å². The fourth-order valence-corrected chi connectivity index (χ4v) is 4.09. The van der Waals surface area contributed by atoms with Gasteiger partial charge < -0.3 is 14.3 Å². The third-order valence-corrected chi connectivity index (χ3v) is 5.81. The molecule has 3 heterocycles. The number of nitrogens with zero attached hydrogens (tertiary/aromatic N) is 3. The van der Waals surface area contributed by atoms with Gasteiger partial charge in [-0.05, 0) is 61.4 Å². The number of carbonyl (C=O) groups is 1. The Hall–Kier alpha value is -3.38. The molecular weight excluding hydrogens is 412 g/mol. The molecule has 1 amide bonds. The molecule has 0 bridgehead atoms. The van der Waals surface area contributed by atoms with E-state index < -0.39 is 0 Å². The molecule has 0 spiro atoms. The molecule has 0 unspecified atom stereocenters. The number of rotatable bonds is 4. The van der Waals surface area contributed by atoms with E-state index in [2.05, 4.69) is 20.1 Å². The predicted octanol–water partition coefficient (Wildman–Crippen LogP) is 5.84. The minimum absolute atomic E-state index is 0.224. The zero-order chi connectivity index (χ0) is 21.2. The fourth-order valence-electron chi connectivity index (χ4n) is 3.86. The first-order valence-corrected chi connectivity index (χ1v) is 10.8. The molecule has 0 saturated carbocycles. The summed E-state index contributed by atoms with van der Waals surface area (Å²) in [6, 6.07) is 18.4. The van der Waals surface area contributed by atoms with Gasteiger partial charge in [-0.15, -0.1) is 10.2 Å². The Labute approximate surface area is 184 Å². The summed E-state index contributed by atoms with van der Waals surface area (Å²) in [4.78, 5) is 12.6. The first-order valence-electron chi connectivity index (χ1n) is 10.4. The summed E-state index contributed by atoms with van der Waals surface area (Å²) < 4.78 is 7.93. The van der Waals surface area contributed by atoms with E-state index >= 15 is 0 Å². The van der Waals surface area contributed by atoms with Crippen molar-refractivity contribution in [3.05, 3.63) is 77.3 Å². The van der Waals surface area contributed by atoms with Crippen molar-refractivity contribution in [3.8, 4) is 22.7 Å². The van der Waals surface area contributed by atoms with Gasteiger partial charge in [0.15, 0.2) is 11.6 Å². The molecule has 0 saturated heterocycles. The third-order valence-electron chi connectivity index (χ3n) is 5.48. The molecule has 2 aromatic heterocycles. The molecule has 4 aromatic rings. The quantitative estimate of drug-likeness (QED) is 0.439. The van der Waals surface area contributed by atoms with Crippen LogP contribution in [0.25, 0.3) is 22.7 Å². The maximum Gasteiger partial charge on any atom is 0.291 e. The van der Waals surface area contributed by atoms with Crippen molar-refractivity contribution in [2.75, 3.05) is 5.32 Å². The lowest BCUT2D eigenvalue weighted by molar-refractivity contribution is 0.0997. The highest BCUT2D eigenvalue weighted by atomic mass is 35.5. The fraction of sp³-hybridized carbons (Fsp3) is 0.208. The Morgan fingerprint density at radius 1 is 0.968 bits per heavy atom. The van der Waals surface area contributed by atoms with Gasteiger partial charge in [-0.1, -0.05) is 30.2 Å². The van der Waals surface area contributed by atoms with Gasteiger partial charge in [0, 0.05) is 29.8 Å². The van der Waals surface area contributed by atoms with Crippen molar-refractivity contribution in [3.63, 3.8) is 0 Å². The molecule has 2 aromatic carbocycles. The first-order chi connectivity index (χ1) is 15.2.